The van der Waals surface area contributed by atoms with Gasteiger partial charge in [-0.1, -0.05) is 0 Å². The molecule has 0 unspecified atom stereocenters. The largest absolute Gasteiger partial charge is 0.507 e. The molecule has 0 atom stereocenters. The van der Waals surface area contributed by atoms with Crippen molar-refractivity contribution in [2.75, 3.05) is 7.11 Å². The highest BCUT2D eigenvalue weighted by Crippen LogP contribution is 2.36. The van der Waals surface area contributed by atoms with Gasteiger partial charge in [0.25, 0.3) is 0 Å². The van der Waals surface area contributed by atoms with E-state index < -0.39 is 27.9 Å². The van der Waals surface area contributed by atoms with E-state index >= 15 is 0 Å². The van der Waals surface area contributed by atoms with Gasteiger partial charge in [-0.3, -0.25) is 10.1 Å². The van der Waals surface area contributed by atoms with Crippen LogP contribution in [-0.2, 0) is 0 Å². The van der Waals surface area contributed by atoms with Crippen molar-refractivity contribution in [2.24, 2.45) is 0 Å². The van der Waals surface area contributed by atoms with E-state index in [0.717, 1.165) is 12.1 Å². The highest BCUT2D eigenvalue weighted by Gasteiger charge is 2.28. The lowest BCUT2D eigenvalue weighted by atomic mass is 10.1. The van der Waals surface area contributed by atoms with Crippen LogP contribution in [0.2, 0.25) is 0 Å². The van der Waals surface area contributed by atoms with Crippen molar-refractivity contribution < 1.29 is 24.7 Å². The highest BCUT2D eigenvalue weighted by molar-refractivity contribution is 5.96. The minimum Gasteiger partial charge on any atom is -0.507 e. The van der Waals surface area contributed by atoms with E-state index in [1.54, 1.807) is 0 Å². The van der Waals surface area contributed by atoms with Crippen LogP contribution in [0.3, 0.4) is 0 Å². The average molecular weight is 213 g/mol. The minimum absolute atomic E-state index is 0.213. The monoisotopic (exact) mass is 213 g/mol. The molecule has 0 aliphatic rings. The van der Waals surface area contributed by atoms with Gasteiger partial charge < -0.3 is 14.9 Å². The molecule has 0 heterocycles. The Kier molecular flexibility index (Phi) is 2.75. The zero-order chi connectivity index (χ0) is 11.6. The summed E-state index contributed by atoms with van der Waals surface area (Å²) >= 11 is 0. The van der Waals surface area contributed by atoms with Gasteiger partial charge in [0.05, 0.1) is 12.0 Å². The maximum atomic E-state index is 10.7. The van der Waals surface area contributed by atoms with Crippen LogP contribution < -0.4 is 4.74 Å². The molecule has 0 aromatic heterocycles. The quantitative estimate of drug-likeness (QED) is 0.572. The second-order valence-electron chi connectivity index (χ2n) is 2.57. The first kappa shape index (κ1) is 10.8. The number of aromatic hydroxyl groups is 1. The molecule has 80 valence electrons. The van der Waals surface area contributed by atoms with Crippen LogP contribution in [0.5, 0.6) is 11.5 Å². The van der Waals surface area contributed by atoms with Gasteiger partial charge in [0.1, 0.15) is 5.75 Å². The topological polar surface area (TPSA) is 110 Å². The summed E-state index contributed by atoms with van der Waals surface area (Å²) in [6, 6.07) is 2.15. The Bertz CT molecular complexity index is 427. The van der Waals surface area contributed by atoms with Crippen LogP contribution in [0.1, 0.15) is 10.4 Å². The van der Waals surface area contributed by atoms with Crippen LogP contribution >= 0.6 is 0 Å². The van der Waals surface area contributed by atoms with E-state index in [1.165, 1.54) is 7.11 Å². The molecule has 0 radical (unpaired) electrons. The number of nitro benzene ring substituents is 1. The second-order valence-corrected chi connectivity index (χ2v) is 2.57. The number of ether oxygens (including phenoxy) is 1. The summed E-state index contributed by atoms with van der Waals surface area (Å²) < 4.78 is 4.64. The van der Waals surface area contributed by atoms with Crippen molar-refractivity contribution in [1.82, 2.24) is 0 Å². The lowest BCUT2D eigenvalue weighted by Crippen LogP contribution is -2.04. The van der Waals surface area contributed by atoms with Crippen molar-refractivity contribution in [3.63, 3.8) is 0 Å². The molecule has 0 fully saturated rings. The van der Waals surface area contributed by atoms with Gasteiger partial charge in [-0.2, -0.15) is 0 Å². The number of nitrogens with zero attached hydrogens (tertiary/aromatic N) is 1. The summed E-state index contributed by atoms with van der Waals surface area (Å²) in [5.74, 6) is -2.47. The van der Waals surface area contributed by atoms with Crippen LogP contribution in [0, 0.1) is 10.1 Å². The van der Waals surface area contributed by atoms with Gasteiger partial charge in [0, 0.05) is 0 Å². The van der Waals surface area contributed by atoms with Crippen molar-refractivity contribution in [1.29, 1.82) is 0 Å². The lowest BCUT2D eigenvalue weighted by molar-refractivity contribution is -0.386. The summed E-state index contributed by atoms with van der Waals surface area (Å²) in [4.78, 5) is 20.4. The Labute approximate surface area is 83.7 Å². The van der Waals surface area contributed by atoms with E-state index in [0.29, 0.717) is 0 Å². The number of carboxylic acids is 1. The van der Waals surface area contributed by atoms with Crippen LogP contribution in [0.25, 0.3) is 0 Å². The smallest absolute Gasteiger partial charge is 0.346 e. The lowest BCUT2D eigenvalue weighted by Gasteiger charge is -2.05. The molecule has 0 amide bonds. The molecule has 0 saturated heterocycles. The normalized spacial score (nSPS) is 9.67. The molecule has 1 aromatic carbocycles. The Morgan fingerprint density at radius 2 is 2.13 bits per heavy atom. The molecule has 1 rings (SSSR count). The van der Waals surface area contributed by atoms with Gasteiger partial charge in [0.15, 0.2) is 11.3 Å². The highest BCUT2D eigenvalue weighted by atomic mass is 16.6. The molecule has 15 heavy (non-hydrogen) atoms. The summed E-state index contributed by atoms with van der Waals surface area (Å²) in [7, 11) is 1.17. The molecule has 0 saturated carbocycles. The summed E-state index contributed by atoms with van der Waals surface area (Å²) in [6.45, 7) is 0. The molecule has 0 spiro atoms. The Morgan fingerprint density at radius 1 is 1.53 bits per heavy atom. The number of aromatic carboxylic acids is 1. The number of benzene rings is 1. The number of nitro groups is 1. The fourth-order valence-electron chi connectivity index (χ4n) is 1.12. The molecule has 1 aromatic rings. The third-order valence-electron chi connectivity index (χ3n) is 1.74. The number of phenols is 1. The third kappa shape index (κ3) is 1.80. The summed E-state index contributed by atoms with van der Waals surface area (Å²) in [5.41, 5.74) is -1.54. The molecule has 0 aliphatic heterocycles. The second kappa shape index (κ2) is 3.82. The Balaban J connectivity index is 3.58. The number of hydrogen-bond donors (Lipinski definition) is 2. The molecule has 0 aliphatic carbocycles. The van der Waals surface area contributed by atoms with Crippen molar-refractivity contribution in [3.8, 4) is 11.5 Å². The predicted molar refractivity (Wildman–Crippen MR) is 48.3 cm³/mol. The van der Waals surface area contributed by atoms with E-state index in [9.17, 15) is 20.0 Å². The zero-order valence-corrected chi connectivity index (χ0v) is 7.63. The number of carbonyl (C=O) groups is 1. The van der Waals surface area contributed by atoms with Crippen LogP contribution in [0.4, 0.5) is 5.69 Å². The van der Waals surface area contributed by atoms with Gasteiger partial charge in [-0.05, 0) is 12.1 Å². The summed E-state index contributed by atoms with van der Waals surface area (Å²) in [6.07, 6.45) is 0. The molecule has 7 nitrogen and oxygen atoms in total. The summed E-state index contributed by atoms with van der Waals surface area (Å²) in [5, 5.41) is 28.5. The molecule has 7 heteroatoms. The first-order valence-corrected chi connectivity index (χ1v) is 3.76. The van der Waals surface area contributed by atoms with Crippen LogP contribution in [0.15, 0.2) is 12.1 Å². The number of methoxy groups -OCH3 is 1. The Morgan fingerprint density at radius 3 is 2.53 bits per heavy atom. The minimum atomic E-state index is -1.59. The van der Waals surface area contributed by atoms with Gasteiger partial charge in [-0.25, -0.2) is 4.79 Å². The third-order valence-corrected chi connectivity index (χ3v) is 1.74. The molecular formula is C8H7NO6. The van der Waals surface area contributed by atoms with Crippen molar-refractivity contribution in [3.05, 3.63) is 27.8 Å². The van der Waals surface area contributed by atoms with E-state index in [4.69, 9.17) is 5.11 Å². The van der Waals surface area contributed by atoms with E-state index in [1.807, 2.05) is 0 Å². The predicted octanol–water partition coefficient (Wildman–Crippen LogP) is 1.01. The maximum absolute atomic E-state index is 10.7. The fourth-order valence-corrected chi connectivity index (χ4v) is 1.12. The first-order valence-electron chi connectivity index (χ1n) is 3.76. The van der Waals surface area contributed by atoms with Gasteiger partial charge >= 0.3 is 11.7 Å². The Hall–Kier alpha value is -2.31. The SMILES string of the molecule is COc1ccc(O)c(C(=O)O)c1[N+](=O)[O-]. The number of rotatable bonds is 3. The maximum Gasteiger partial charge on any atom is 0.346 e. The first-order chi connectivity index (χ1) is 6.99. The standard InChI is InChI=1S/C8H7NO6/c1-15-5-3-2-4(10)6(8(11)12)7(5)9(13)14/h2-3,10H,1H3,(H,11,12). The number of hydrogen-bond acceptors (Lipinski definition) is 5. The van der Waals surface area contributed by atoms with Gasteiger partial charge in [-0.15, -0.1) is 0 Å². The van der Waals surface area contributed by atoms with Crippen molar-refractivity contribution in [2.45, 2.75) is 0 Å². The zero-order valence-electron chi connectivity index (χ0n) is 7.63. The fraction of sp³-hybridized carbons (Fsp3) is 0.125. The molecule has 2 N–H and O–H groups in total. The molecular weight excluding hydrogens is 206 g/mol. The van der Waals surface area contributed by atoms with E-state index in [-0.39, 0.29) is 5.75 Å². The van der Waals surface area contributed by atoms with Crippen molar-refractivity contribution >= 4 is 11.7 Å². The van der Waals surface area contributed by atoms with Gasteiger partial charge in [0.2, 0.25) is 0 Å². The number of carboxylic acid groups (broad SMARTS) is 1. The van der Waals surface area contributed by atoms with E-state index in [2.05, 4.69) is 4.74 Å². The van der Waals surface area contributed by atoms with Crippen LogP contribution in [-0.4, -0.2) is 28.2 Å². The molecule has 0 bridgehead atoms. The average Bonchev–Trinajstić information content (AvgIpc) is 2.16.